The Hall–Kier alpha value is -1.62. The molecule has 0 radical (unpaired) electrons. The van der Waals surface area contributed by atoms with Crippen molar-refractivity contribution in [2.45, 2.75) is 19.4 Å². The second-order valence-electron chi connectivity index (χ2n) is 3.44. The summed E-state index contributed by atoms with van der Waals surface area (Å²) in [6.45, 7) is 2.04. The predicted octanol–water partition coefficient (Wildman–Crippen LogP) is 2.00. The van der Waals surface area contributed by atoms with E-state index in [1.807, 2.05) is 19.1 Å². The highest BCUT2D eigenvalue weighted by Gasteiger charge is 2.20. The van der Waals surface area contributed by atoms with Crippen LogP contribution in [0.1, 0.15) is 18.1 Å². The van der Waals surface area contributed by atoms with Crippen molar-refractivity contribution in [3.63, 3.8) is 0 Å². The largest absolute Gasteiger partial charge is 0.495 e. The molecular formula is C12H12O2. The van der Waals surface area contributed by atoms with E-state index in [2.05, 4.69) is 5.92 Å². The summed E-state index contributed by atoms with van der Waals surface area (Å²) in [6.07, 6.45) is 6.54. The fraction of sp³-hybridized carbons (Fsp3) is 0.333. The van der Waals surface area contributed by atoms with E-state index in [0.717, 1.165) is 23.5 Å². The normalized spacial score (nSPS) is 18.2. The molecule has 2 rings (SSSR count). The number of terminal acetylenes is 1. The lowest BCUT2D eigenvalue weighted by Gasteiger charge is -2.06. The summed E-state index contributed by atoms with van der Waals surface area (Å²) >= 11 is 0. The van der Waals surface area contributed by atoms with Crippen LogP contribution in [0.15, 0.2) is 12.1 Å². The van der Waals surface area contributed by atoms with E-state index in [9.17, 15) is 0 Å². The molecule has 1 aromatic carbocycles. The summed E-state index contributed by atoms with van der Waals surface area (Å²) in [5.41, 5.74) is 1.92. The second kappa shape index (κ2) is 3.26. The van der Waals surface area contributed by atoms with Gasteiger partial charge in [-0.1, -0.05) is 5.92 Å². The molecule has 14 heavy (non-hydrogen) atoms. The van der Waals surface area contributed by atoms with E-state index in [1.165, 1.54) is 5.56 Å². The third-order valence-corrected chi connectivity index (χ3v) is 2.37. The molecule has 2 heteroatoms. The maximum atomic E-state index is 5.60. The number of rotatable bonds is 1. The summed E-state index contributed by atoms with van der Waals surface area (Å²) < 4.78 is 10.8. The summed E-state index contributed by atoms with van der Waals surface area (Å²) in [4.78, 5) is 0. The highest BCUT2D eigenvalue weighted by Crippen LogP contribution is 2.34. The number of benzene rings is 1. The summed E-state index contributed by atoms with van der Waals surface area (Å²) in [5.74, 6) is 4.23. The SMILES string of the molecule is C#Cc1cc2c(cc1OC)CC(C)O2. The molecule has 2 nitrogen and oxygen atoms in total. The monoisotopic (exact) mass is 188 g/mol. The van der Waals surface area contributed by atoms with Crippen molar-refractivity contribution in [3.8, 4) is 23.8 Å². The van der Waals surface area contributed by atoms with Gasteiger partial charge in [-0.2, -0.15) is 0 Å². The van der Waals surface area contributed by atoms with Crippen LogP contribution >= 0.6 is 0 Å². The number of fused-ring (bicyclic) bond motifs is 1. The number of hydrogen-bond donors (Lipinski definition) is 0. The van der Waals surface area contributed by atoms with Gasteiger partial charge < -0.3 is 9.47 Å². The molecule has 1 aromatic rings. The third kappa shape index (κ3) is 1.31. The maximum absolute atomic E-state index is 5.60. The molecule has 1 aliphatic heterocycles. The smallest absolute Gasteiger partial charge is 0.135 e. The average molecular weight is 188 g/mol. The van der Waals surface area contributed by atoms with Crippen molar-refractivity contribution in [1.29, 1.82) is 0 Å². The summed E-state index contributed by atoms with van der Waals surface area (Å²) in [5, 5.41) is 0. The molecule has 0 aromatic heterocycles. The number of hydrogen-bond acceptors (Lipinski definition) is 2. The molecule has 1 unspecified atom stereocenters. The standard InChI is InChI=1S/C12H12O2/c1-4-9-6-12-10(5-8(2)14-12)7-11(9)13-3/h1,6-8H,5H2,2-3H3. The molecule has 1 atom stereocenters. The Bertz CT molecular complexity index is 402. The fourth-order valence-electron chi connectivity index (χ4n) is 1.72. The van der Waals surface area contributed by atoms with Crippen LogP contribution in [0.25, 0.3) is 0 Å². The highest BCUT2D eigenvalue weighted by molar-refractivity contribution is 5.54. The zero-order chi connectivity index (χ0) is 10.1. The summed E-state index contributed by atoms with van der Waals surface area (Å²) in [7, 11) is 1.63. The van der Waals surface area contributed by atoms with Gasteiger partial charge in [-0.15, -0.1) is 6.42 Å². The molecule has 1 aliphatic rings. The first-order chi connectivity index (χ1) is 6.74. The van der Waals surface area contributed by atoms with E-state index in [0.29, 0.717) is 0 Å². The quantitative estimate of drug-likeness (QED) is 0.627. The lowest BCUT2D eigenvalue weighted by atomic mass is 10.1. The molecular weight excluding hydrogens is 176 g/mol. The van der Waals surface area contributed by atoms with E-state index in [4.69, 9.17) is 15.9 Å². The zero-order valence-corrected chi connectivity index (χ0v) is 8.33. The van der Waals surface area contributed by atoms with Gasteiger partial charge in [0.15, 0.2) is 0 Å². The first-order valence-electron chi connectivity index (χ1n) is 4.58. The molecule has 0 amide bonds. The summed E-state index contributed by atoms with van der Waals surface area (Å²) in [6, 6.07) is 3.84. The van der Waals surface area contributed by atoms with Gasteiger partial charge in [0.2, 0.25) is 0 Å². The lowest BCUT2D eigenvalue weighted by molar-refractivity contribution is 0.254. The van der Waals surface area contributed by atoms with E-state index in [-0.39, 0.29) is 6.10 Å². The Balaban J connectivity index is 2.50. The third-order valence-electron chi connectivity index (χ3n) is 2.37. The first-order valence-corrected chi connectivity index (χ1v) is 4.58. The van der Waals surface area contributed by atoms with Crippen molar-refractivity contribution in [3.05, 3.63) is 23.3 Å². The minimum absolute atomic E-state index is 0.239. The molecule has 0 fully saturated rings. The maximum Gasteiger partial charge on any atom is 0.135 e. The topological polar surface area (TPSA) is 18.5 Å². The van der Waals surface area contributed by atoms with Gasteiger partial charge in [0.05, 0.1) is 12.7 Å². The molecule has 0 bridgehead atoms. The fourth-order valence-corrected chi connectivity index (χ4v) is 1.72. The number of ether oxygens (including phenoxy) is 2. The second-order valence-corrected chi connectivity index (χ2v) is 3.44. The highest BCUT2D eigenvalue weighted by atomic mass is 16.5. The molecule has 0 spiro atoms. The lowest BCUT2D eigenvalue weighted by Crippen LogP contribution is -2.05. The Kier molecular flexibility index (Phi) is 2.09. The Morgan fingerprint density at radius 3 is 3.00 bits per heavy atom. The van der Waals surface area contributed by atoms with E-state index in [1.54, 1.807) is 7.11 Å². The van der Waals surface area contributed by atoms with Crippen LogP contribution in [-0.4, -0.2) is 13.2 Å². The molecule has 0 aliphatic carbocycles. The first kappa shape index (κ1) is 8.96. The molecule has 0 saturated carbocycles. The van der Waals surface area contributed by atoms with Crippen LogP contribution in [0, 0.1) is 12.3 Å². The van der Waals surface area contributed by atoms with Crippen molar-refractivity contribution < 1.29 is 9.47 Å². The van der Waals surface area contributed by atoms with Crippen molar-refractivity contribution in [2.24, 2.45) is 0 Å². The minimum atomic E-state index is 0.239. The Morgan fingerprint density at radius 1 is 1.57 bits per heavy atom. The molecule has 72 valence electrons. The van der Waals surface area contributed by atoms with Crippen LogP contribution < -0.4 is 9.47 Å². The van der Waals surface area contributed by atoms with Gasteiger partial charge in [0.25, 0.3) is 0 Å². The van der Waals surface area contributed by atoms with Crippen molar-refractivity contribution >= 4 is 0 Å². The Morgan fingerprint density at radius 2 is 2.36 bits per heavy atom. The number of methoxy groups -OCH3 is 1. The Labute approximate surface area is 83.8 Å². The van der Waals surface area contributed by atoms with E-state index < -0.39 is 0 Å². The van der Waals surface area contributed by atoms with Gasteiger partial charge in [-0.05, 0) is 19.1 Å². The molecule has 1 heterocycles. The van der Waals surface area contributed by atoms with E-state index >= 15 is 0 Å². The van der Waals surface area contributed by atoms with Gasteiger partial charge in [0, 0.05) is 12.0 Å². The van der Waals surface area contributed by atoms with Crippen molar-refractivity contribution in [2.75, 3.05) is 7.11 Å². The average Bonchev–Trinajstić information content (AvgIpc) is 2.54. The van der Waals surface area contributed by atoms with Crippen LogP contribution in [0.2, 0.25) is 0 Å². The van der Waals surface area contributed by atoms with Gasteiger partial charge in [-0.25, -0.2) is 0 Å². The van der Waals surface area contributed by atoms with Gasteiger partial charge >= 0.3 is 0 Å². The van der Waals surface area contributed by atoms with Crippen LogP contribution in [-0.2, 0) is 6.42 Å². The zero-order valence-electron chi connectivity index (χ0n) is 8.33. The van der Waals surface area contributed by atoms with Gasteiger partial charge in [0.1, 0.15) is 17.6 Å². The minimum Gasteiger partial charge on any atom is -0.495 e. The predicted molar refractivity (Wildman–Crippen MR) is 54.7 cm³/mol. The molecule has 0 N–H and O–H groups in total. The van der Waals surface area contributed by atoms with Crippen LogP contribution in [0.5, 0.6) is 11.5 Å². The molecule has 0 saturated heterocycles. The van der Waals surface area contributed by atoms with Gasteiger partial charge in [-0.3, -0.25) is 0 Å². The van der Waals surface area contributed by atoms with Crippen molar-refractivity contribution in [1.82, 2.24) is 0 Å². The van der Waals surface area contributed by atoms with Crippen LogP contribution in [0.3, 0.4) is 0 Å². The van der Waals surface area contributed by atoms with Crippen LogP contribution in [0.4, 0.5) is 0 Å².